The van der Waals surface area contributed by atoms with E-state index in [9.17, 15) is 20.0 Å². The largest absolute Gasteiger partial charge is 0.386 e. The number of likely N-dealkylation sites (tertiary alicyclic amines) is 1. The van der Waals surface area contributed by atoms with Crippen LogP contribution < -0.4 is 0 Å². The lowest BCUT2D eigenvalue weighted by Gasteiger charge is -2.47. The van der Waals surface area contributed by atoms with E-state index in [1.807, 2.05) is 0 Å². The molecule has 1 saturated carbocycles. The van der Waals surface area contributed by atoms with E-state index in [2.05, 4.69) is 0 Å². The highest BCUT2D eigenvalue weighted by atomic mass is 16.6. The van der Waals surface area contributed by atoms with Gasteiger partial charge in [0.1, 0.15) is 5.60 Å². The summed E-state index contributed by atoms with van der Waals surface area (Å²) in [6.45, 7) is 0.840. The second-order valence-corrected chi connectivity index (χ2v) is 5.73. The highest BCUT2D eigenvalue weighted by Gasteiger charge is 2.53. The van der Waals surface area contributed by atoms with Crippen LogP contribution in [0, 0.1) is 16.0 Å². The fourth-order valence-electron chi connectivity index (χ4n) is 2.69. The Hall–Kier alpha value is -1.95. The van der Waals surface area contributed by atoms with Crippen LogP contribution in [0.15, 0.2) is 24.3 Å². The number of β-amino-alcohol motifs (C(OH)–C–C–N with tert-alkyl or cyclic N) is 1. The normalized spacial score (nSPS) is 20.4. The van der Waals surface area contributed by atoms with Crippen LogP contribution in [-0.4, -0.2) is 39.5 Å². The molecule has 1 aromatic carbocycles. The monoisotopic (exact) mass is 276 g/mol. The van der Waals surface area contributed by atoms with Gasteiger partial charge >= 0.3 is 0 Å². The van der Waals surface area contributed by atoms with Gasteiger partial charge in [0.25, 0.3) is 5.69 Å². The number of carbonyl (C=O) groups excluding carboxylic acids is 1. The number of non-ortho nitro benzene ring substituents is 1. The number of benzene rings is 1. The molecule has 2 aliphatic rings. The maximum absolute atomic E-state index is 12.0. The molecule has 0 bridgehead atoms. The van der Waals surface area contributed by atoms with E-state index in [1.54, 1.807) is 17.0 Å². The second kappa shape index (κ2) is 4.56. The Morgan fingerprint density at radius 2 is 1.95 bits per heavy atom. The van der Waals surface area contributed by atoms with Crippen molar-refractivity contribution in [2.45, 2.75) is 24.9 Å². The van der Waals surface area contributed by atoms with E-state index >= 15 is 0 Å². The summed E-state index contributed by atoms with van der Waals surface area (Å²) in [5.74, 6) is 0.329. The lowest BCUT2D eigenvalue weighted by molar-refractivity contribution is -0.384. The fraction of sp³-hybridized carbons (Fsp3) is 0.500. The van der Waals surface area contributed by atoms with Crippen molar-refractivity contribution in [2.75, 3.05) is 13.1 Å². The van der Waals surface area contributed by atoms with Crippen LogP contribution in [0.2, 0.25) is 0 Å². The molecule has 0 unspecified atom stereocenters. The topological polar surface area (TPSA) is 83.7 Å². The standard InChI is InChI=1S/C14H16N2O4/c17-13(15-8-14(18,9-15)11-3-4-11)7-10-1-5-12(6-2-10)16(19)20/h1-2,5-6,11,18H,3-4,7-9H2. The Morgan fingerprint density at radius 3 is 2.45 bits per heavy atom. The molecule has 20 heavy (non-hydrogen) atoms. The SMILES string of the molecule is O=C(Cc1ccc([N+](=O)[O-])cc1)N1CC(O)(C2CC2)C1. The van der Waals surface area contributed by atoms with Crippen LogP contribution in [0.3, 0.4) is 0 Å². The maximum Gasteiger partial charge on any atom is 0.269 e. The Balaban J connectivity index is 1.55. The number of carbonyl (C=O) groups is 1. The van der Waals surface area contributed by atoms with Crippen LogP contribution in [0.4, 0.5) is 5.69 Å². The summed E-state index contributed by atoms with van der Waals surface area (Å²) in [5, 5.41) is 20.7. The Morgan fingerprint density at radius 1 is 1.35 bits per heavy atom. The molecule has 1 saturated heterocycles. The van der Waals surface area contributed by atoms with Crippen LogP contribution in [-0.2, 0) is 11.2 Å². The maximum atomic E-state index is 12.0. The molecule has 0 spiro atoms. The minimum atomic E-state index is -0.662. The third-order valence-electron chi connectivity index (χ3n) is 4.12. The molecule has 1 aliphatic heterocycles. The summed E-state index contributed by atoms with van der Waals surface area (Å²) in [4.78, 5) is 23.8. The van der Waals surface area contributed by atoms with Gasteiger partial charge in [-0.25, -0.2) is 0 Å². The molecule has 6 nitrogen and oxygen atoms in total. The minimum absolute atomic E-state index is 0.0215. The number of amides is 1. The first-order valence-corrected chi connectivity index (χ1v) is 6.71. The summed E-state index contributed by atoms with van der Waals surface area (Å²) >= 11 is 0. The molecule has 1 heterocycles. The van der Waals surface area contributed by atoms with Crippen molar-refractivity contribution >= 4 is 11.6 Å². The third kappa shape index (κ3) is 2.38. The van der Waals surface area contributed by atoms with Gasteiger partial charge in [0.05, 0.1) is 24.4 Å². The van der Waals surface area contributed by atoms with Gasteiger partial charge in [-0.05, 0) is 24.3 Å². The van der Waals surface area contributed by atoms with Gasteiger partial charge < -0.3 is 10.0 Å². The molecular formula is C14H16N2O4. The van der Waals surface area contributed by atoms with Gasteiger partial charge in [-0.15, -0.1) is 0 Å². The zero-order valence-corrected chi connectivity index (χ0v) is 11.0. The average Bonchev–Trinajstić information content (AvgIpc) is 3.20. The summed E-state index contributed by atoms with van der Waals surface area (Å²) in [7, 11) is 0. The van der Waals surface area contributed by atoms with Gasteiger partial charge in [-0.3, -0.25) is 14.9 Å². The van der Waals surface area contributed by atoms with Crippen molar-refractivity contribution in [3.05, 3.63) is 39.9 Å². The summed E-state index contributed by atoms with van der Waals surface area (Å²) in [5.41, 5.74) is 0.112. The molecule has 1 aromatic rings. The van der Waals surface area contributed by atoms with Gasteiger partial charge in [0, 0.05) is 12.1 Å². The number of nitro benzene ring substituents is 1. The van der Waals surface area contributed by atoms with Gasteiger partial charge in [0.15, 0.2) is 0 Å². The molecule has 1 N–H and O–H groups in total. The Bertz CT molecular complexity index is 545. The first-order valence-electron chi connectivity index (χ1n) is 6.71. The molecule has 0 radical (unpaired) electrons. The number of nitro groups is 1. The molecule has 1 aliphatic carbocycles. The summed E-state index contributed by atoms with van der Waals surface area (Å²) in [6, 6.07) is 6.00. The van der Waals surface area contributed by atoms with E-state index < -0.39 is 10.5 Å². The van der Waals surface area contributed by atoms with E-state index in [1.165, 1.54) is 12.1 Å². The van der Waals surface area contributed by atoms with Crippen LogP contribution in [0.1, 0.15) is 18.4 Å². The lowest BCUT2D eigenvalue weighted by atomic mass is 9.88. The minimum Gasteiger partial charge on any atom is -0.386 e. The third-order valence-corrected chi connectivity index (χ3v) is 4.12. The zero-order valence-electron chi connectivity index (χ0n) is 11.0. The number of nitrogens with zero attached hydrogens (tertiary/aromatic N) is 2. The smallest absolute Gasteiger partial charge is 0.269 e. The molecule has 3 rings (SSSR count). The second-order valence-electron chi connectivity index (χ2n) is 5.73. The van der Waals surface area contributed by atoms with Crippen molar-refractivity contribution in [1.82, 2.24) is 4.90 Å². The molecule has 6 heteroatoms. The van der Waals surface area contributed by atoms with Crippen molar-refractivity contribution in [3.8, 4) is 0 Å². The van der Waals surface area contributed by atoms with Crippen LogP contribution in [0.25, 0.3) is 0 Å². The number of rotatable bonds is 4. The number of hydrogen-bond acceptors (Lipinski definition) is 4. The predicted molar refractivity (Wildman–Crippen MR) is 71.1 cm³/mol. The zero-order chi connectivity index (χ0) is 14.3. The fourth-order valence-corrected chi connectivity index (χ4v) is 2.69. The molecule has 106 valence electrons. The number of aliphatic hydroxyl groups is 1. The summed E-state index contributed by atoms with van der Waals surface area (Å²) < 4.78 is 0. The molecular weight excluding hydrogens is 260 g/mol. The lowest BCUT2D eigenvalue weighted by Crippen LogP contribution is -2.65. The van der Waals surface area contributed by atoms with E-state index in [4.69, 9.17) is 0 Å². The predicted octanol–water partition coefficient (Wildman–Crippen LogP) is 1.12. The average molecular weight is 276 g/mol. The first-order chi connectivity index (χ1) is 9.48. The van der Waals surface area contributed by atoms with Crippen molar-refractivity contribution in [1.29, 1.82) is 0 Å². The number of hydrogen-bond donors (Lipinski definition) is 1. The van der Waals surface area contributed by atoms with E-state index in [-0.39, 0.29) is 18.0 Å². The Kier molecular flexibility index (Phi) is 2.97. The highest BCUT2D eigenvalue weighted by Crippen LogP contribution is 2.44. The first kappa shape index (κ1) is 13.1. The molecule has 2 fully saturated rings. The molecule has 0 atom stereocenters. The van der Waals surface area contributed by atoms with Crippen LogP contribution >= 0.6 is 0 Å². The summed E-state index contributed by atoms with van der Waals surface area (Å²) in [6.07, 6.45) is 2.33. The molecule has 1 amide bonds. The van der Waals surface area contributed by atoms with Crippen LogP contribution in [0.5, 0.6) is 0 Å². The van der Waals surface area contributed by atoms with Crippen molar-refractivity contribution in [3.63, 3.8) is 0 Å². The van der Waals surface area contributed by atoms with Crippen molar-refractivity contribution < 1.29 is 14.8 Å². The quantitative estimate of drug-likeness (QED) is 0.659. The van der Waals surface area contributed by atoms with Gasteiger partial charge in [-0.1, -0.05) is 12.1 Å². The molecule has 0 aromatic heterocycles. The van der Waals surface area contributed by atoms with Crippen molar-refractivity contribution in [2.24, 2.45) is 5.92 Å². The van der Waals surface area contributed by atoms with E-state index in [0.29, 0.717) is 19.0 Å². The van der Waals surface area contributed by atoms with Gasteiger partial charge in [-0.2, -0.15) is 0 Å². The highest BCUT2D eigenvalue weighted by molar-refractivity contribution is 5.80. The van der Waals surface area contributed by atoms with E-state index in [0.717, 1.165) is 18.4 Å². The van der Waals surface area contributed by atoms with Gasteiger partial charge in [0.2, 0.25) is 5.91 Å². The Labute approximate surface area is 116 Å².